The van der Waals surface area contributed by atoms with Gasteiger partial charge >= 0.3 is 20.4 Å². The first-order valence-corrected chi connectivity index (χ1v) is 17.7. The van der Waals surface area contributed by atoms with Gasteiger partial charge in [-0.1, -0.05) is 95.8 Å². The molecular weight excluding hydrogens is 726 g/mol. The van der Waals surface area contributed by atoms with E-state index in [-0.39, 0.29) is 38.1 Å². The Hall–Kier alpha value is -4.57. The normalized spacial score (nSPS) is 11.6. The number of nitrogens with zero attached hydrogens (tertiary/aromatic N) is 4. The number of halogens is 1. The monoisotopic (exact) mass is 768 g/mol. The Kier molecular flexibility index (Phi) is 10.6. The molecule has 0 saturated heterocycles. The van der Waals surface area contributed by atoms with Crippen LogP contribution in [0.25, 0.3) is 44.4 Å². The fraction of sp³-hybridized carbons (Fsp3) is 0.273. The van der Waals surface area contributed by atoms with Gasteiger partial charge < -0.3 is 9.30 Å². The van der Waals surface area contributed by atoms with E-state index in [1.54, 1.807) is 0 Å². The molecule has 3 aromatic heterocycles. The van der Waals surface area contributed by atoms with Crippen molar-refractivity contribution in [3.8, 4) is 34.1 Å². The van der Waals surface area contributed by atoms with Crippen molar-refractivity contribution < 1.29 is 29.6 Å². The quantitative estimate of drug-likeness (QED) is 0.103. The molecule has 0 atom stereocenters. The van der Waals surface area contributed by atoms with Crippen LogP contribution in [0.1, 0.15) is 87.4 Å². The van der Waals surface area contributed by atoms with E-state index in [0.717, 1.165) is 52.4 Å². The molecule has 4 aromatic carbocycles. The third-order valence-corrected chi connectivity index (χ3v) is 9.42. The molecule has 7 heteroatoms. The molecule has 0 aliphatic heterocycles. The molecule has 0 saturated carbocycles. The first kappa shape index (κ1) is 36.2. The molecule has 0 fully saturated rings. The summed E-state index contributed by atoms with van der Waals surface area (Å²) in [5, 5.41) is 7.35. The van der Waals surface area contributed by atoms with E-state index in [9.17, 15) is 4.39 Å². The van der Waals surface area contributed by atoms with E-state index in [1.807, 2.05) is 34.9 Å². The Balaban J connectivity index is 0.00000448. The maximum absolute atomic E-state index is 14.4. The van der Waals surface area contributed by atoms with Crippen LogP contribution in [0.15, 0.2) is 85.1 Å². The summed E-state index contributed by atoms with van der Waals surface area (Å²) in [7, 11) is 0. The number of rotatable bonds is 10. The molecule has 51 heavy (non-hydrogen) atoms. The maximum atomic E-state index is 14.4. The van der Waals surface area contributed by atoms with Crippen LogP contribution in [-0.2, 0) is 26.8 Å². The van der Waals surface area contributed by atoms with E-state index >= 15 is 0 Å². The van der Waals surface area contributed by atoms with Gasteiger partial charge in [0.1, 0.15) is 11.6 Å². The number of pyridine rings is 1. The summed E-state index contributed by atoms with van der Waals surface area (Å²) in [6.45, 7) is 15.5. The average molecular weight is 769 g/mol. The predicted octanol–water partition coefficient (Wildman–Crippen LogP) is 11.8. The van der Waals surface area contributed by atoms with Gasteiger partial charge in [0.25, 0.3) is 0 Å². The van der Waals surface area contributed by atoms with Crippen molar-refractivity contribution in [3.63, 3.8) is 0 Å². The van der Waals surface area contributed by atoms with Crippen LogP contribution < -0.4 is 4.74 Å². The molecule has 262 valence electrons. The van der Waals surface area contributed by atoms with Gasteiger partial charge in [0.05, 0.1) is 11.4 Å². The summed E-state index contributed by atoms with van der Waals surface area (Å²) in [6.07, 6.45) is 4.54. The molecule has 0 bridgehead atoms. The number of benzene rings is 4. The summed E-state index contributed by atoms with van der Waals surface area (Å²) < 4.78 is 25.1. The Labute approximate surface area is 314 Å². The minimum atomic E-state index is -0.347. The zero-order valence-corrected chi connectivity index (χ0v) is 31.8. The molecule has 0 radical (unpaired) electrons. The second kappa shape index (κ2) is 15.0. The van der Waals surface area contributed by atoms with Crippen molar-refractivity contribution in [2.24, 2.45) is 0 Å². The fourth-order valence-corrected chi connectivity index (χ4v) is 7.12. The first-order valence-electron chi connectivity index (χ1n) is 17.7. The van der Waals surface area contributed by atoms with Crippen LogP contribution in [0.4, 0.5) is 4.39 Å². The first-order chi connectivity index (χ1) is 24.1. The summed E-state index contributed by atoms with van der Waals surface area (Å²) >= 11 is 0. The molecule has 0 spiro atoms. The summed E-state index contributed by atoms with van der Waals surface area (Å²) in [5.74, 6) is 1.70. The van der Waals surface area contributed by atoms with Gasteiger partial charge in [-0.2, -0.15) is 16.7 Å². The Bertz CT molecular complexity index is 2330. The molecule has 0 aliphatic rings. The van der Waals surface area contributed by atoms with Gasteiger partial charge in [0.15, 0.2) is 0 Å². The number of hydrogen-bond acceptors (Lipinski definition) is 3. The number of fused-ring (bicyclic) bond motifs is 3. The van der Waals surface area contributed by atoms with Gasteiger partial charge in [0, 0.05) is 34.8 Å². The third-order valence-electron chi connectivity index (χ3n) is 9.42. The largest absolute Gasteiger partial charge is 2.00 e. The topological polar surface area (TPSA) is 44.9 Å². The second-order valence-electron chi connectivity index (χ2n) is 13.8. The van der Waals surface area contributed by atoms with Crippen LogP contribution >= 0.6 is 0 Å². The molecule has 7 aromatic rings. The van der Waals surface area contributed by atoms with Crippen molar-refractivity contribution in [1.29, 1.82) is 0 Å². The Morgan fingerprint density at radius 3 is 2.27 bits per heavy atom. The number of unbranched alkanes of at least 4 members (excludes halogenated alkanes) is 1. The molecule has 0 aliphatic carbocycles. The zero-order chi connectivity index (χ0) is 35.1. The van der Waals surface area contributed by atoms with Gasteiger partial charge in [-0.25, -0.2) is 9.37 Å². The van der Waals surface area contributed by atoms with Gasteiger partial charge in [-0.3, -0.25) is 4.68 Å². The molecule has 3 heterocycles. The Morgan fingerprint density at radius 2 is 1.57 bits per heavy atom. The standard InChI is InChI=1S/C44H43FN4O.Pd/c1-8-9-15-31-22-33(49-44(28(4)5)42(43(47-49)27(2)3)41-29(6)13-12-14-30(41)7)25-35(23-31)50-34-18-19-37-36-16-10-11-17-38(36)48(39(37)26-34)40-24-32(45)20-21-46-40;/h10-14,16-24,27-28H,8-9,15H2,1-7H3;/q-2;+2. The van der Waals surface area contributed by atoms with Crippen molar-refractivity contribution in [2.45, 2.75) is 79.6 Å². The number of hydrogen-bond donors (Lipinski definition) is 0. The fourth-order valence-electron chi connectivity index (χ4n) is 7.12. The van der Waals surface area contributed by atoms with Crippen molar-refractivity contribution in [3.05, 3.63) is 131 Å². The third kappa shape index (κ3) is 6.90. The van der Waals surface area contributed by atoms with Gasteiger partial charge in [0.2, 0.25) is 0 Å². The molecule has 0 N–H and O–H groups in total. The van der Waals surface area contributed by atoms with Crippen LogP contribution in [0.5, 0.6) is 11.5 Å². The maximum Gasteiger partial charge on any atom is 2.00 e. The smallest absolute Gasteiger partial charge is 0.509 e. The Morgan fingerprint density at radius 1 is 0.804 bits per heavy atom. The molecule has 0 amide bonds. The summed E-state index contributed by atoms with van der Waals surface area (Å²) in [5.41, 5.74) is 10.9. The van der Waals surface area contributed by atoms with Crippen molar-refractivity contribution >= 4 is 21.8 Å². The molecule has 7 rings (SSSR count). The second-order valence-corrected chi connectivity index (χ2v) is 13.8. The van der Waals surface area contributed by atoms with E-state index in [1.165, 1.54) is 51.8 Å². The average Bonchev–Trinajstić information content (AvgIpc) is 3.64. The number of aromatic nitrogens is 4. The SMILES string of the molecule is CCCCc1cc(Oc2[c-]c3c(cc2)c2ccccc2n3-c2cc(F)ccn2)[c-]c(-n2nc(C(C)C)c(-c3c(C)cccc3C)c2C(C)C)c1.[Pd+2]. The molecular formula is C44H43FN4OPd. The van der Waals surface area contributed by atoms with Crippen LogP contribution in [0, 0.1) is 31.8 Å². The van der Waals surface area contributed by atoms with Crippen LogP contribution in [0.2, 0.25) is 0 Å². The van der Waals surface area contributed by atoms with E-state index in [4.69, 9.17) is 9.84 Å². The minimum Gasteiger partial charge on any atom is -0.509 e. The molecule has 0 unspecified atom stereocenters. The van der Waals surface area contributed by atoms with Gasteiger partial charge in [-0.05, 0) is 65.6 Å². The van der Waals surface area contributed by atoms with Crippen LogP contribution in [-0.4, -0.2) is 19.3 Å². The number of para-hydroxylation sites is 1. The molecule has 5 nitrogen and oxygen atoms in total. The predicted molar refractivity (Wildman–Crippen MR) is 202 cm³/mol. The van der Waals surface area contributed by atoms with E-state index in [0.29, 0.717) is 17.3 Å². The van der Waals surface area contributed by atoms with Crippen LogP contribution in [0.3, 0.4) is 0 Å². The van der Waals surface area contributed by atoms with Crippen molar-refractivity contribution in [2.75, 3.05) is 0 Å². The number of ether oxygens (including phenoxy) is 1. The van der Waals surface area contributed by atoms with Crippen molar-refractivity contribution in [1.82, 2.24) is 19.3 Å². The van der Waals surface area contributed by atoms with E-state index in [2.05, 4.69) is 107 Å². The summed E-state index contributed by atoms with van der Waals surface area (Å²) in [4.78, 5) is 4.50. The van der Waals surface area contributed by atoms with E-state index < -0.39 is 0 Å². The zero-order valence-electron chi connectivity index (χ0n) is 30.3. The number of aryl methyl sites for hydroxylation is 3. The van der Waals surface area contributed by atoms with Gasteiger partial charge in [-0.15, -0.1) is 35.7 Å². The summed E-state index contributed by atoms with van der Waals surface area (Å²) in [6, 6.07) is 32.7. The minimum absolute atomic E-state index is 0.